The van der Waals surface area contributed by atoms with Gasteiger partial charge >= 0.3 is 0 Å². The Kier molecular flexibility index (Phi) is 16.0. The van der Waals surface area contributed by atoms with E-state index in [0.717, 1.165) is 0 Å². The molecule has 0 saturated carbocycles. The molecule has 0 saturated heterocycles. The standard InChI is InChI=1S/C18H39N/c1-4-5-6-7-8-9-10-11-12-13-14-15-16-17-18-19(2)3/h4-18H2,1-3H3/q+1. The van der Waals surface area contributed by atoms with Crippen LogP contribution in [0.25, 0.3) is 0 Å². The third-order valence-corrected chi connectivity index (χ3v) is 3.96. The number of unbranched alkanes of at least 4 members (excludes halogenated alkanes) is 13. The molecule has 0 fully saturated rings. The molecule has 0 rings (SSSR count). The van der Waals surface area contributed by atoms with E-state index in [-0.39, 0.29) is 0 Å². The molecule has 0 aliphatic heterocycles. The lowest BCUT2D eigenvalue weighted by molar-refractivity contribution is 0.500. The third kappa shape index (κ3) is 18.0. The van der Waals surface area contributed by atoms with Crippen molar-refractivity contribution in [2.24, 2.45) is 0 Å². The van der Waals surface area contributed by atoms with Gasteiger partial charge in [-0.3, -0.25) is 0 Å². The topological polar surface area (TPSA) is 5.90 Å². The Morgan fingerprint density at radius 3 is 1.11 bits per heavy atom. The molecule has 0 N–H and O–H groups in total. The third-order valence-electron chi connectivity index (χ3n) is 3.96. The first kappa shape index (κ1) is 19.0. The van der Waals surface area contributed by atoms with Gasteiger partial charge < -0.3 is 0 Å². The van der Waals surface area contributed by atoms with Gasteiger partial charge in [0.15, 0.2) is 0 Å². The molecule has 1 nitrogen and oxygen atoms in total. The largest absolute Gasteiger partial charge is 0.175 e. The monoisotopic (exact) mass is 269 g/mol. The van der Waals surface area contributed by atoms with E-state index in [1.807, 2.05) is 0 Å². The molecule has 0 atom stereocenters. The van der Waals surface area contributed by atoms with Crippen LogP contribution in [0.3, 0.4) is 0 Å². The zero-order chi connectivity index (χ0) is 14.2. The molecule has 19 heavy (non-hydrogen) atoms. The minimum atomic E-state index is 1.26. The van der Waals surface area contributed by atoms with Crippen molar-refractivity contribution in [3.63, 3.8) is 0 Å². The zero-order valence-electron chi connectivity index (χ0n) is 14.1. The van der Waals surface area contributed by atoms with Crippen molar-refractivity contribution in [2.45, 2.75) is 96.8 Å². The first-order valence-electron chi connectivity index (χ1n) is 8.92. The van der Waals surface area contributed by atoms with E-state index >= 15 is 0 Å². The molecular weight excluding hydrogens is 230 g/mol. The van der Waals surface area contributed by atoms with Gasteiger partial charge in [-0.1, -0.05) is 84.0 Å². The highest BCUT2D eigenvalue weighted by Gasteiger charge is 1.98. The maximum Gasteiger partial charge on any atom is 0.122 e. The maximum atomic E-state index is 2.29. The number of hydrogen-bond acceptors (Lipinski definition) is 1. The molecular formula is C18H39N+. The molecule has 1 radical (unpaired) electrons. The fourth-order valence-corrected chi connectivity index (χ4v) is 2.62. The van der Waals surface area contributed by atoms with Crippen LogP contribution < -0.4 is 4.90 Å². The summed E-state index contributed by atoms with van der Waals surface area (Å²) in [6.45, 7) is 3.55. The summed E-state index contributed by atoms with van der Waals surface area (Å²) in [6, 6.07) is 0. The maximum absolute atomic E-state index is 2.29. The van der Waals surface area contributed by atoms with Crippen molar-refractivity contribution in [3.8, 4) is 0 Å². The van der Waals surface area contributed by atoms with Gasteiger partial charge in [-0.25, -0.2) is 0 Å². The summed E-state index contributed by atoms with van der Waals surface area (Å²) < 4.78 is 0. The Morgan fingerprint density at radius 2 is 0.789 bits per heavy atom. The van der Waals surface area contributed by atoms with Crippen LogP contribution in [-0.2, 0) is 0 Å². The lowest BCUT2D eigenvalue weighted by Crippen LogP contribution is -2.19. The minimum absolute atomic E-state index is 1.26. The molecule has 0 aromatic heterocycles. The fraction of sp³-hybridized carbons (Fsp3) is 1.00. The van der Waals surface area contributed by atoms with Crippen molar-refractivity contribution in [1.29, 1.82) is 0 Å². The molecule has 0 spiro atoms. The van der Waals surface area contributed by atoms with E-state index in [9.17, 15) is 0 Å². The van der Waals surface area contributed by atoms with Crippen molar-refractivity contribution < 1.29 is 0 Å². The molecule has 0 amide bonds. The van der Waals surface area contributed by atoms with Crippen molar-refractivity contribution >= 4 is 0 Å². The van der Waals surface area contributed by atoms with Crippen LogP contribution in [0.4, 0.5) is 0 Å². The average molecular weight is 270 g/mol. The fourth-order valence-electron chi connectivity index (χ4n) is 2.62. The Bertz CT molecular complexity index is 154. The Balaban J connectivity index is 2.91. The van der Waals surface area contributed by atoms with Crippen LogP contribution in [0.5, 0.6) is 0 Å². The van der Waals surface area contributed by atoms with E-state index in [0.29, 0.717) is 0 Å². The van der Waals surface area contributed by atoms with Crippen LogP contribution in [0.2, 0.25) is 0 Å². The minimum Gasteiger partial charge on any atom is -0.175 e. The highest BCUT2D eigenvalue weighted by molar-refractivity contribution is 4.52. The van der Waals surface area contributed by atoms with Crippen LogP contribution >= 0.6 is 0 Å². The van der Waals surface area contributed by atoms with Crippen LogP contribution in [-0.4, -0.2) is 20.6 Å². The van der Waals surface area contributed by atoms with Crippen LogP contribution in [0, 0.1) is 0 Å². The summed E-state index contributed by atoms with van der Waals surface area (Å²) in [7, 11) is 4.34. The lowest BCUT2D eigenvalue weighted by atomic mass is 10.0. The SMILES string of the molecule is CCCCCCCCCCCCCCCC[N+](C)C. The van der Waals surface area contributed by atoms with E-state index in [2.05, 4.69) is 25.9 Å². The first-order chi connectivity index (χ1) is 9.27. The van der Waals surface area contributed by atoms with Gasteiger partial charge in [-0.15, -0.1) is 0 Å². The molecule has 115 valence electrons. The zero-order valence-corrected chi connectivity index (χ0v) is 14.1. The van der Waals surface area contributed by atoms with Crippen molar-refractivity contribution in [2.75, 3.05) is 20.6 Å². The summed E-state index contributed by atoms with van der Waals surface area (Å²) in [5.41, 5.74) is 0. The summed E-state index contributed by atoms with van der Waals surface area (Å²) in [5.74, 6) is 0. The highest BCUT2D eigenvalue weighted by Crippen LogP contribution is 2.12. The molecule has 0 aromatic rings. The lowest BCUT2D eigenvalue weighted by Gasteiger charge is -2.03. The number of nitrogens with zero attached hydrogens (tertiary/aromatic N) is 1. The van der Waals surface area contributed by atoms with Gasteiger partial charge in [-0.2, -0.15) is 4.90 Å². The Labute approximate surface area is 123 Å². The molecule has 0 heterocycles. The van der Waals surface area contributed by atoms with E-state index in [1.165, 1.54) is 96.4 Å². The van der Waals surface area contributed by atoms with Gasteiger partial charge in [0.05, 0.1) is 0 Å². The predicted octanol–water partition coefficient (Wildman–Crippen LogP) is 5.87. The highest BCUT2D eigenvalue weighted by atomic mass is 15.0. The number of rotatable bonds is 15. The van der Waals surface area contributed by atoms with Gasteiger partial charge in [0, 0.05) is 6.42 Å². The molecule has 1 heteroatoms. The second-order valence-electron chi connectivity index (χ2n) is 6.40. The molecule has 0 bridgehead atoms. The Morgan fingerprint density at radius 1 is 0.474 bits per heavy atom. The summed E-state index contributed by atoms with van der Waals surface area (Å²) in [4.78, 5) is 2.29. The van der Waals surface area contributed by atoms with E-state index in [1.54, 1.807) is 0 Å². The van der Waals surface area contributed by atoms with Crippen molar-refractivity contribution in [1.82, 2.24) is 4.90 Å². The van der Waals surface area contributed by atoms with Gasteiger partial charge in [0.1, 0.15) is 20.6 Å². The Hall–Kier alpha value is -0.0400. The smallest absolute Gasteiger partial charge is 0.122 e. The van der Waals surface area contributed by atoms with E-state index in [4.69, 9.17) is 0 Å². The summed E-state index contributed by atoms with van der Waals surface area (Å²) in [6.07, 6.45) is 20.3. The quantitative estimate of drug-likeness (QED) is 0.259. The van der Waals surface area contributed by atoms with Gasteiger partial charge in [0.25, 0.3) is 0 Å². The van der Waals surface area contributed by atoms with Gasteiger partial charge in [0.2, 0.25) is 0 Å². The molecule has 0 aliphatic carbocycles. The van der Waals surface area contributed by atoms with Gasteiger partial charge in [-0.05, 0) is 6.42 Å². The first-order valence-corrected chi connectivity index (χ1v) is 8.92. The molecule has 0 aromatic carbocycles. The second kappa shape index (κ2) is 16.0. The predicted molar refractivity (Wildman–Crippen MR) is 89.2 cm³/mol. The summed E-state index contributed by atoms with van der Waals surface area (Å²) in [5, 5.41) is 0. The van der Waals surface area contributed by atoms with Crippen LogP contribution in [0.1, 0.15) is 96.8 Å². The molecule has 0 unspecified atom stereocenters. The normalized spacial score (nSPS) is 11.4. The van der Waals surface area contributed by atoms with E-state index < -0.39 is 0 Å². The number of hydrogen-bond donors (Lipinski definition) is 0. The summed E-state index contributed by atoms with van der Waals surface area (Å²) >= 11 is 0. The average Bonchev–Trinajstić information content (AvgIpc) is 2.39. The second-order valence-corrected chi connectivity index (χ2v) is 6.40. The van der Waals surface area contributed by atoms with Crippen molar-refractivity contribution in [3.05, 3.63) is 0 Å². The molecule has 0 aliphatic rings. The van der Waals surface area contributed by atoms with Crippen LogP contribution in [0.15, 0.2) is 0 Å².